The van der Waals surface area contributed by atoms with Crippen LogP contribution in [0.4, 0.5) is 5.95 Å². The molecule has 0 aliphatic heterocycles. The number of hydrogen-bond donors (Lipinski definition) is 1. The van der Waals surface area contributed by atoms with Gasteiger partial charge in [0.05, 0.1) is 6.10 Å². The Morgan fingerprint density at radius 2 is 2.17 bits per heavy atom. The second-order valence-corrected chi connectivity index (χ2v) is 4.58. The van der Waals surface area contributed by atoms with Gasteiger partial charge in [0.15, 0.2) is 5.82 Å². The van der Waals surface area contributed by atoms with Crippen molar-refractivity contribution in [3.8, 4) is 6.01 Å². The highest BCUT2D eigenvalue weighted by Gasteiger charge is 2.14. The average Bonchev–Trinajstić information content (AvgIpc) is 2.81. The zero-order chi connectivity index (χ0) is 13.0. The Labute approximate surface area is 108 Å². The van der Waals surface area contributed by atoms with Crippen molar-refractivity contribution in [2.45, 2.75) is 46.1 Å². The fourth-order valence-corrected chi connectivity index (χ4v) is 1.87. The van der Waals surface area contributed by atoms with Crippen LogP contribution in [0.1, 0.15) is 45.9 Å². The van der Waals surface area contributed by atoms with Gasteiger partial charge in [-0.15, -0.1) is 0 Å². The molecule has 1 N–H and O–H groups in total. The Morgan fingerprint density at radius 3 is 2.78 bits per heavy atom. The molecule has 5 heteroatoms. The molecule has 0 radical (unpaired) electrons. The Hall–Kier alpha value is -1.65. The van der Waals surface area contributed by atoms with Crippen LogP contribution in [0.3, 0.4) is 0 Å². The van der Waals surface area contributed by atoms with Crippen molar-refractivity contribution >= 4 is 11.5 Å². The van der Waals surface area contributed by atoms with Gasteiger partial charge in [-0.25, -0.2) is 0 Å². The van der Waals surface area contributed by atoms with Crippen LogP contribution in [0.25, 0.3) is 5.57 Å². The second kappa shape index (κ2) is 5.80. The van der Waals surface area contributed by atoms with E-state index in [2.05, 4.69) is 26.3 Å². The van der Waals surface area contributed by atoms with Gasteiger partial charge >= 0.3 is 6.01 Å². The van der Waals surface area contributed by atoms with Crippen molar-refractivity contribution in [3.05, 3.63) is 11.9 Å². The summed E-state index contributed by atoms with van der Waals surface area (Å²) in [5, 5.41) is 3.12. The van der Waals surface area contributed by atoms with Crippen molar-refractivity contribution in [1.29, 1.82) is 0 Å². The van der Waals surface area contributed by atoms with Gasteiger partial charge in [0.1, 0.15) is 0 Å². The summed E-state index contributed by atoms with van der Waals surface area (Å²) in [5.41, 5.74) is 1.20. The lowest BCUT2D eigenvalue weighted by molar-refractivity contribution is 0.221. The van der Waals surface area contributed by atoms with E-state index < -0.39 is 0 Å². The highest BCUT2D eigenvalue weighted by Crippen LogP contribution is 2.26. The molecular formula is C13H20N4O. The molecule has 0 saturated heterocycles. The Bertz CT molecular complexity index is 443. The second-order valence-electron chi connectivity index (χ2n) is 4.58. The van der Waals surface area contributed by atoms with Crippen LogP contribution < -0.4 is 10.1 Å². The maximum Gasteiger partial charge on any atom is 0.322 e. The first-order valence-electron chi connectivity index (χ1n) is 6.55. The Kier molecular flexibility index (Phi) is 4.12. The van der Waals surface area contributed by atoms with Crippen LogP contribution in [0.15, 0.2) is 6.08 Å². The standard InChI is InChI=1S/C13H20N4O/c1-4-14-12-15-11(10-7-5-6-8-10)16-13(17-12)18-9(2)3/h7,9H,4-6,8H2,1-3H3,(H,14,15,16,17). The first-order valence-corrected chi connectivity index (χ1v) is 6.55. The molecule has 18 heavy (non-hydrogen) atoms. The fraction of sp³-hybridized carbons (Fsp3) is 0.615. The predicted molar refractivity (Wildman–Crippen MR) is 71.6 cm³/mol. The number of nitrogens with zero attached hydrogens (tertiary/aromatic N) is 3. The lowest BCUT2D eigenvalue weighted by Gasteiger charge is -2.11. The van der Waals surface area contributed by atoms with Crippen LogP contribution in [-0.2, 0) is 0 Å². The van der Waals surface area contributed by atoms with Crippen molar-refractivity contribution in [1.82, 2.24) is 15.0 Å². The molecule has 0 unspecified atom stereocenters. The lowest BCUT2D eigenvalue weighted by Crippen LogP contribution is -2.12. The van der Waals surface area contributed by atoms with E-state index in [0.29, 0.717) is 12.0 Å². The van der Waals surface area contributed by atoms with Crippen LogP contribution in [0, 0.1) is 0 Å². The summed E-state index contributed by atoms with van der Waals surface area (Å²) in [6.07, 6.45) is 5.59. The molecule has 5 nitrogen and oxygen atoms in total. The Morgan fingerprint density at radius 1 is 1.33 bits per heavy atom. The molecule has 2 rings (SSSR count). The van der Waals surface area contributed by atoms with Gasteiger partial charge in [-0.05, 0) is 45.6 Å². The van der Waals surface area contributed by atoms with Gasteiger partial charge in [0.2, 0.25) is 5.95 Å². The molecule has 0 aromatic carbocycles. The minimum atomic E-state index is 0.0623. The molecule has 1 aliphatic carbocycles. The van der Waals surface area contributed by atoms with Gasteiger partial charge < -0.3 is 10.1 Å². The van der Waals surface area contributed by atoms with E-state index in [1.165, 1.54) is 12.0 Å². The quantitative estimate of drug-likeness (QED) is 0.868. The van der Waals surface area contributed by atoms with Crippen molar-refractivity contribution < 1.29 is 4.74 Å². The van der Waals surface area contributed by atoms with Gasteiger partial charge in [-0.2, -0.15) is 15.0 Å². The summed E-state index contributed by atoms with van der Waals surface area (Å²) in [4.78, 5) is 13.1. The van der Waals surface area contributed by atoms with Crippen molar-refractivity contribution in [2.24, 2.45) is 0 Å². The molecule has 1 heterocycles. The molecule has 1 aromatic heterocycles. The van der Waals surface area contributed by atoms with Crippen molar-refractivity contribution in [3.63, 3.8) is 0 Å². The third-order valence-electron chi connectivity index (χ3n) is 2.62. The van der Waals surface area contributed by atoms with E-state index in [4.69, 9.17) is 4.74 Å². The number of ether oxygens (including phenoxy) is 1. The highest BCUT2D eigenvalue weighted by atomic mass is 16.5. The van der Waals surface area contributed by atoms with Gasteiger partial charge in [-0.1, -0.05) is 6.08 Å². The SMILES string of the molecule is CCNc1nc(OC(C)C)nc(C2=CCCC2)n1. The zero-order valence-electron chi connectivity index (χ0n) is 11.2. The molecule has 98 valence electrons. The van der Waals surface area contributed by atoms with Gasteiger partial charge in [-0.3, -0.25) is 0 Å². The maximum atomic E-state index is 5.57. The van der Waals surface area contributed by atoms with E-state index in [1.54, 1.807) is 0 Å². The highest BCUT2D eigenvalue weighted by molar-refractivity contribution is 5.62. The molecule has 0 bridgehead atoms. The maximum absolute atomic E-state index is 5.57. The lowest BCUT2D eigenvalue weighted by atomic mass is 10.2. The van der Waals surface area contributed by atoms with E-state index in [1.807, 2.05) is 20.8 Å². The van der Waals surface area contributed by atoms with Crippen LogP contribution in [0.2, 0.25) is 0 Å². The zero-order valence-corrected chi connectivity index (χ0v) is 11.2. The van der Waals surface area contributed by atoms with Crippen LogP contribution in [-0.4, -0.2) is 27.6 Å². The van der Waals surface area contributed by atoms with E-state index >= 15 is 0 Å². The topological polar surface area (TPSA) is 59.9 Å². The predicted octanol–water partition coefficient (Wildman–Crippen LogP) is 2.66. The number of anilines is 1. The van der Waals surface area contributed by atoms with E-state index in [9.17, 15) is 0 Å². The smallest absolute Gasteiger partial charge is 0.322 e. The summed E-state index contributed by atoms with van der Waals surface area (Å²) in [6.45, 7) is 6.72. The Balaban J connectivity index is 2.29. The number of hydrogen-bond acceptors (Lipinski definition) is 5. The van der Waals surface area contributed by atoms with Gasteiger partial charge in [0.25, 0.3) is 0 Å². The molecular weight excluding hydrogens is 228 g/mol. The molecule has 0 amide bonds. The summed E-state index contributed by atoms with van der Waals surface area (Å²) in [5.74, 6) is 1.33. The van der Waals surface area contributed by atoms with Crippen LogP contribution >= 0.6 is 0 Å². The minimum Gasteiger partial charge on any atom is -0.461 e. The number of allylic oxidation sites excluding steroid dienone is 2. The number of aromatic nitrogens is 3. The summed E-state index contributed by atoms with van der Waals surface area (Å²) >= 11 is 0. The summed E-state index contributed by atoms with van der Waals surface area (Å²) in [6, 6.07) is 0.402. The third-order valence-corrected chi connectivity index (χ3v) is 2.62. The minimum absolute atomic E-state index is 0.0623. The normalized spacial score (nSPS) is 14.8. The van der Waals surface area contributed by atoms with Crippen molar-refractivity contribution in [2.75, 3.05) is 11.9 Å². The number of nitrogens with one attached hydrogen (secondary N) is 1. The number of rotatable bonds is 5. The third kappa shape index (κ3) is 3.18. The average molecular weight is 248 g/mol. The fourth-order valence-electron chi connectivity index (χ4n) is 1.87. The summed E-state index contributed by atoms with van der Waals surface area (Å²) < 4.78 is 5.57. The van der Waals surface area contributed by atoms with Gasteiger partial charge in [0, 0.05) is 6.54 Å². The summed E-state index contributed by atoms with van der Waals surface area (Å²) in [7, 11) is 0. The first-order chi connectivity index (χ1) is 8.69. The molecule has 0 fully saturated rings. The monoisotopic (exact) mass is 248 g/mol. The molecule has 1 aromatic rings. The molecule has 1 aliphatic rings. The van der Waals surface area contributed by atoms with E-state index in [-0.39, 0.29) is 6.10 Å². The molecule has 0 atom stereocenters. The largest absolute Gasteiger partial charge is 0.461 e. The van der Waals surface area contributed by atoms with E-state index in [0.717, 1.165) is 25.2 Å². The molecule has 0 spiro atoms. The first kappa shape index (κ1) is 12.8. The molecule has 0 saturated carbocycles. The van der Waals surface area contributed by atoms with Crippen LogP contribution in [0.5, 0.6) is 6.01 Å².